The average Bonchev–Trinajstić information content (AvgIpc) is 2.73. The number of aryl methyl sites for hydroxylation is 1. The third-order valence-corrected chi connectivity index (χ3v) is 3.91. The van der Waals surface area contributed by atoms with Crippen molar-refractivity contribution in [3.05, 3.63) is 41.9 Å². The van der Waals surface area contributed by atoms with E-state index >= 15 is 0 Å². The Bertz CT molecular complexity index is 722. The van der Waals surface area contributed by atoms with Crippen LogP contribution in [0, 0.1) is 6.92 Å². The number of nitrogens with two attached hydrogens (primary N) is 2. The standard InChI is InChI=1S/C13H17N3O3S/c1-9-3-5-11(19-9)8-16(2)10-4-6-13(12(14)7-10)20(15,17)18/h3-7H,8,14H2,1-2H3,(H2,15,17,18). The molecule has 0 unspecified atom stereocenters. The second-order valence-corrected chi connectivity index (χ2v) is 6.17. The number of hydrogen-bond donors (Lipinski definition) is 2. The van der Waals surface area contributed by atoms with Crippen molar-refractivity contribution in [2.45, 2.75) is 18.4 Å². The summed E-state index contributed by atoms with van der Waals surface area (Å²) in [4.78, 5) is 1.84. The highest BCUT2D eigenvalue weighted by molar-refractivity contribution is 7.89. The Balaban J connectivity index is 2.23. The van der Waals surface area contributed by atoms with Crippen LogP contribution < -0.4 is 15.8 Å². The van der Waals surface area contributed by atoms with Crippen LogP contribution in [0.3, 0.4) is 0 Å². The Labute approximate surface area is 118 Å². The maximum Gasteiger partial charge on any atom is 0.240 e. The Morgan fingerprint density at radius 1 is 1.25 bits per heavy atom. The molecule has 6 nitrogen and oxygen atoms in total. The molecule has 0 bridgehead atoms. The van der Waals surface area contributed by atoms with Gasteiger partial charge in [-0.3, -0.25) is 0 Å². The van der Waals surface area contributed by atoms with Crippen LogP contribution in [0.5, 0.6) is 0 Å². The van der Waals surface area contributed by atoms with Gasteiger partial charge in [0, 0.05) is 12.7 Å². The minimum absolute atomic E-state index is 0.0662. The smallest absolute Gasteiger partial charge is 0.240 e. The van der Waals surface area contributed by atoms with Crippen LogP contribution in [0.4, 0.5) is 11.4 Å². The molecule has 1 heterocycles. The molecule has 0 aliphatic rings. The topological polar surface area (TPSA) is 103 Å². The molecule has 20 heavy (non-hydrogen) atoms. The largest absolute Gasteiger partial charge is 0.464 e. The summed E-state index contributed by atoms with van der Waals surface area (Å²) in [7, 11) is -1.93. The van der Waals surface area contributed by atoms with E-state index in [1.54, 1.807) is 12.1 Å². The lowest BCUT2D eigenvalue weighted by Crippen LogP contribution is -2.18. The van der Waals surface area contributed by atoms with E-state index in [0.29, 0.717) is 6.54 Å². The molecule has 108 valence electrons. The summed E-state index contributed by atoms with van der Waals surface area (Å²) in [5, 5.41) is 5.07. The second kappa shape index (κ2) is 5.18. The second-order valence-electron chi connectivity index (χ2n) is 4.64. The summed E-state index contributed by atoms with van der Waals surface area (Å²) in [6.45, 7) is 2.43. The van der Waals surface area contributed by atoms with Crippen molar-refractivity contribution in [1.29, 1.82) is 0 Å². The van der Waals surface area contributed by atoms with Gasteiger partial charge in [0.2, 0.25) is 10.0 Å². The monoisotopic (exact) mass is 295 g/mol. The highest BCUT2D eigenvalue weighted by Crippen LogP contribution is 2.24. The molecule has 4 N–H and O–H groups in total. The number of benzene rings is 1. The molecule has 0 atom stereocenters. The van der Waals surface area contributed by atoms with Crippen molar-refractivity contribution in [3.8, 4) is 0 Å². The first kappa shape index (κ1) is 14.4. The maximum absolute atomic E-state index is 11.3. The molecular weight excluding hydrogens is 278 g/mol. The highest BCUT2D eigenvalue weighted by atomic mass is 32.2. The van der Waals surface area contributed by atoms with Crippen molar-refractivity contribution >= 4 is 21.4 Å². The molecule has 0 saturated heterocycles. The fraction of sp³-hybridized carbons (Fsp3) is 0.231. The normalized spacial score (nSPS) is 11.6. The van der Waals surface area contributed by atoms with E-state index in [1.807, 2.05) is 31.0 Å². The summed E-state index contributed by atoms with van der Waals surface area (Å²) in [6, 6.07) is 8.43. The number of sulfonamides is 1. The molecule has 0 fully saturated rings. The number of hydrogen-bond acceptors (Lipinski definition) is 5. The first-order valence-electron chi connectivity index (χ1n) is 5.96. The van der Waals surface area contributed by atoms with Gasteiger partial charge in [-0.2, -0.15) is 0 Å². The maximum atomic E-state index is 11.3. The van der Waals surface area contributed by atoms with Crippen LogP contribution in [0.15, 0.2) is 39.6 Å². The molecule has 0 aliphatic heterocycles. The summed E-state index contributed by atoms with van der Waals surface area (Å²) >= 11 is 0. The molecule has 2 rings (SSSR count). The van der Waals surface area contributed by atoms with Crippen LogP contribution in [0.25, 0.3) is 0 Å². The van der Waals surface area contributed by atoms with Gasteiger partial charge >= 0.3 is 0 Å². The van der Waals surface area contributed by atoms with E-state index in [2.05, 4.69) is 0 Å². The lowest BCUT2D eigenvalue weighted by Gasteiger charge is -2.19. The fourth-order valence-electron chi connectivity index (χ4n) is 1.93. The number of primary sulfonamides is 1. The van der Waals surface area contributed by atoms with Crippen LogP contribution >= 0.6 is 0 Å². The first-order chi connectivity index (χ1) is 9.27. The van der Waals surface area contributed by atoms with Gasteiger partial charge in [0.1, 0.15) is 16.4 Å². The van der Waals surface area contributed by atoms with Gasteiger partial charge < -0.3 is 15.1 Å². The first-order valence-corrected chi connectivity index (χ1v) is 7.51. The summed E-state index contributed by atoms with van der Waals surface area (Å²) in [5.41, 5.74) is 6.65. The molecule has 2 aromatic rings. The number of furan rings is 1. The quantitative estimate of drug-likeness (QED) is 0.831. The van der Waals surface area contributed by atoms with Crippen molar-refractivity contribution in [2.24, 2.45) is 5.14 Å². The van der Waals surface area contributed by atoms with E-state index in [1.165, 1.54) is 6.07 Å². The zero-order valence-corrected chi connectivity index (χ0v) is 12.1. The molecular formula is C13H17N3O3S. The number of nitrogens with zero attached hydrogens (tertiary/aromatic N) is 1. The Morgan fingerprint density at radius 3 is 2.45 bits per heavy atom. The van der Waals surface area contributed by atoms with Gasteiger partial charge in [0.25, 0.3) is 0 Å². The van der Waals surface area contributed by atoms with Gasteiger partial charge in [-0.1, -0.05) is 0 Å². The van der Waals surface area contributed by atoms with Crippen molar-refractivity contribution in [1.82, 2.24) is 0 Å². The highest BCUT2D eigenvalue weighted by Gasteiger charge is 2.14. The van der Waals surface area contributed by atoms with Crippen molar-refractivity contribution in [3.63, 3.8) is 0 Å². The minimum atomic E-state index is -3.79. The minimum Gasteiger partial charge on any atom is -0.464 e. The molecule has 0 aliphatic carbocycles. The average molecular weight is 295 g/mol. The molecule has 0 spiro atoms. The molecule has 0 radical (unpaired) electrons. The van der Waals surface area contributed by atoms with Gasteiger partial charge in [-0.25, -0.2) is 13.6 Å². The van der Waals surface area contributed by atoms with Gasteiger partial charge in [0.05, 0.1) is 12.2 Å². The summed E-state index contributed by atoms with van der Waals surface area (Å²) in [5.74, 6) is 1.66. The van der Waals surface area contributed by atoms with Crippen molar-refractivity contribution in [2.75, 3.05) is 17.7 Å². The van der Waals surface area contributed by atoms with Gasteiger partial charge in [-0.05, 0) is 37.3 Å². The SMILES string of the molecule is Cc1ccc(CN(C)c2ccc(S(N)(=O)=O)c(N)c2)o1. The zero-order chi connectivity index (χ0) is 14.9. The Kier molecular flexibility index (Phi) is 3.74. The number of nitrogen functional groups attached to an aromatic ring is 1. The van der Waals surface area contributed by atoms with Crippen LogP contribution in [0.2, 0.25) is 0 Å². The lowest BCUT2D eigenvalue weighted by molar-refractivity contribution is 0.482. The van der Waals surface area contributed by atoms with E-state index in [-0.39, 0.29) is 10.6 Å². The predicted molar refractivity (Wildman–Crippen MR) is 77.8 cm³/mol. The van der Waals surface area contributed by atoms with Gasteiger partial charge in [0.15, 0.2) is 0 Å². The lowest BCUT2D eigenvalue weighted by atomic mass is 10.2. The fourth-order valence-corrected chi connectivity index (χ4v) is 2.57. The van der Waals surface area contributed by atoms with Crippen LogP contribution in [0.1, 0.15) is 11.5 Å². The number of anilines is 2. The molecule has 7 heteroatoms. The van der Waals surface area contributed by atoms with E-state index in [9.17, 15) is 8.42 Å². The molecule has 0 amide bonds. The Hall–Kier alpha value is -1.99. The third kappa shape index (κ3) is 3.12. The zero-order valence-electron chi connectivity index (χ0n) is 11.3. The number of rotatable bonds is 4. The third-order valence-electron chi connectivity index (χ3n) is 2.93. The van der Waals surface area contributed by atoms with E-state index < -0.39 is 10.0 Å². The molecule has 1 aromatic carbocycles. The van der Waals surface area contributed by atoms with E-state index in [0.717, 1.165) is 17.2 Å². The van der Waals surface area contributed by atoms with E-state index in [4.69, 9.17) is 15.3 Å². The summed E-state index contributed by atoms with van der Waals surface area (Å²) < 4.78 is 28.1. The van der Waals surface area contributed by atoms with Crippen molar-refractivity contribution < 1.29 is 12.8 Å². The molecule has 0 saturated carbocycles. The predicted octanol–water partition coefficient (Wildman–Crippen LogP) is 1.45. The molecule has 1 aromatic heterocycles. The van der Waals surface area contributed by atoms with Crippen LogP contribution in [-0.4, -0.2) is 15.5 Å². The Morgan fingerprint density at radius 2 is 1.95 bits per heavy atom. The summed E-state index contributed by atoms with van der Waals surface area (Å²) in [6.07, 6.45) is 0. The van der Waals surface area contributed by atoms with Gasteiger partial charge in [-0.15, -0.1) is 0 Å². The van der Waals surface area contributed by atoms with Crippen LogP contribution in [-0.2, 0) is 16.6 Å².